The molecule has 2 aromatic heterocycles. The second kappa shape index (κ2) is 5.03. The second-order valence-corrected chi connectivity index (χ2v) is 4.18. The molecule has 0 saturated heterocycles. The molecule has 84 valence electrons. The summed E-state index contributed by atoms with van der Waals surface area (Å²) < 4.78 is 0. The van der Waals surface area contributed by atoms with Crippen LogP contribution in [0.1, 0.15) is 19.5 Å². The summed E-state index contributed by atoms with van der Waals surface area (Å²) >= 11 is 1.56. The minimum absolute atomic E-state index is 0.713. The van der Waals surface area contributed by atoms with Gasteiger partial charge in [-0.05, 0) is 13.3 Å². The summed E-state index contributed by atoms with van der Waals surface area (Å²) in [5.41, 5.74) is 1.04. The predicted octanol–water partition coefficient (Wildman–Crippen LogP) is 2.59. The smallest absolute Gasteiger partial charge is 0.190 e. The highest BCUT2D eigenvalue weighted by molar-refractivity contribution is 7.12. The molecule has 1 N–H and O–H groups in total. The lowest BCUT2D eigenvalue weighted by molar-refractivity contribution is 0.996. The number of nitrogens with zero attached hydrogens (tertiary/aromatic N) is 3. The van der Waals surface area contributed by atoms with Crippen LogP contribution in [0.4, 0.5) is 5.82 Å². The summed E-state index contributed by atoms with van der Waals surface area (Å²) in [5.74, 6) is 1.59. The largest absolute Gasteiger partial charge is 0.370 e. The number of hydrogen-bond donors (Lipinski definition) is 1. The average molecular weight is 234 g/mol. The van der Waals surface area contributed by atoms with Crippen LogP contribution >= 0.6 is 11.3 Å². The van der Waals surface area contributed by atoms with Crippen LogP contribution < -0.4 is 5.32 Å². The van der Waals surface area contributed by atoms with Crippen molar-refractivity contribution in [2.24, 2.45) is 0 Å². The molecule has 16 heavy (non-hydrogen) atoms. The molecule has 0 spiro atoms. The average Bonchev–Trinajstić information content (AvgIpc) is 2.82. The highest BCUT2D eigenvalue weighted by atomic mass is 32.1. The van der Waals surface area contributed by atoms with E-state index in [2.05, 4.69) is 34.1 Å². The van der Waals surface area contributed by atoms with Gasteiger partial charge in [0, 0.05) is 29.9 Å². The number of anilines is 1. The maximum absolute atomic E-state index is 4.47. The van der Waals surface area contributed by atoms with Crippen molar-refractivity contribution in [3.05, 3.63) is 23.3 Å². The fourth-order valence-corrected chi connectivity index (χ4v) is 1.95. The number of hydrogen-bond acceptors (Lipinski definition) is 5. The molecule has 0 bridgehead atoms. The summed E-state index contributed by atoms with van der Waals surface area (Å²) in [4.78, 5) is 13.1. The zero-order valence-corrected chi connectivity index (χ0v) is 10.2. The third kappa shape index (κ3) is 2.36. The number of rotatable bonds is 4. The first-order valence-electron chi connectivity index (χ1n) is 5.35. The van der Waals surface area contributed by atoms with Crippen LogP contribution in [-0.2, 0) is 6.42 Å². The third-order valence-electron chi connectivity index (χ3n) is 2.12. The first-order chi connectivity index (χ1) is 7.83. The normalized spacial score (nSPS) is 10.4. The molecule has 4 nitrogen and oxygen atoms in total. The molecular formula is C11H14N4S. The molecule has 0 aliphatic heterocycles. The fourth-order valence-electron chi connectivity index (χ4n) is 1.38. The lowest BCUT2D eigenvalue weighted by atomic mass is 10.3. The molecule has 0 aromatic carbocycles. The minimum Gasteiger partial charge on any atom is -0.370 e. The van der Waals surface area contributed by atoms with Gasteiger partial charge in [-0.25, -0.2) is 15.0 Å². The standard InChI is InChI=1S/C11H14N4S/c1-3-8-7-9(12-4-2)15-10(14-8)11-13-5-6-16-11/h5-7H,3-4H2,1-2H3,(H,12,14,15). The highest BCUT2D eigenvalue weighted by Gasteiger charge is 2.07. The minimum atomic E-state index is 0.713. The molecule has 0 fully saturated rings. The van der Waals surface area contributed by atoms with Gasteiger partial charge >= 0.3 is 0 Å². The summed E-state index contributed by atoms with van der Waals surface area (Å²) in [5, 5.41) is 6.01. The van der Waals surface area contributed by atoms with Crippen LogP contribution in [-0.4, -0.2) is 21.5 Å². The predicted molar refractivity (Wildman–Crippen MR) is 66.7 cm³/mol. The van der Waals surface area contributed by atoms with Crippen molar-refractivity contribution in [3.63, 3.8) is 0 Å². The van der Waals surface area contributed by atoms with Crippen LogP contribution in [0, 0.1) is 0 Å². The summed E-state index contributed by atoms with van der Waals surface area (Å²) in [6, 6.07) is 1.99. The second-order valence-electron chi connectivity index (χ2n) is 3.29. The maximum Gasteiger partial charge on any atom is 0.190 e. The van der Waals surface area contributed by atoms with E-state index >= 15 is 0 Å². The van der Waals surface area contributed by atoms with Gasteiger partial charge < -0.3 is 5.32 Å². The van der Waals surface area contributed by atoms with Crippen molar-refractivity contribution in [1.29, 1.82) is 0 Å². The summed E-state index contributed by atoms with van der Waals surface area (Å²) in [6.45, 7) is 5.00. The molecule has 5 heteroatoms. The molecule has 0 aliphatic rings. The number of nitrogens with one attached hydrogen (secondary N) is 1. The first kappa shape index (κ1) is 11.0. The van der Waals surface area contributed by atoms with E-state index in [0.717, 1.165) is 29.5 Å². The molecule has 0 amide bonds. The van der Waals surface area contributed by atoms with Gasteiger partial charge in [-0.15, -0.1) is 11.3 Å². The van der Waals surface area contributed by atoms with Crippen LogP contribution in [0.3, 0.4) is 0 Å². The first-order valence-corrected chi connectivity index (χ1v) is 6.23. The molecule has 0 aliphatic carbocycles. The number of thiazole rings is 1. The highest BCUT2D eigenvalue weighted by Crippen LogP contribution is 2.20. The van der Waals surface area contributed by atoms with Gasteiger partial charge in [0.05, 0.1) is 0 Å². The Balaban J connectivity index is 2.41. The zero-order chi connectivity index (χ0) is 11.4. The SMILES string of the molecule is CCNc1cc(CC)nc(-c2nccs2)n1. The fraction of sp³-hybridized carbons (Fsp3) is 0.364. The van der Waals surface area contributed by atoms with Crippen molar-refractivity contribution in [1.82, 2.24) is 15.0 Å². The monoisotopic (exact) mass is 234 g/mol. The van der Waals surface area contributed by atoms with Crippen molar-refractivity contribution >= 4 is 17.2 Å². The lowest BCUT2D eigenvalue weighted by Crippen LogP contribution is -2.03. The Morgan fingerprint density at radius 1 is 1.31 bits per heavy atom. The van der Waals surface area contributed by atoms with E-state index in [9.17, 15) is 0 Å². The molecule has 2 aromatic rings. The Labute approximate surface area is 98.8 Å². The molecular weight excluding hydrogens is 220 g/mol. The van der Waals surface area contributed by atoms with E-state index < -0.39 is 0 Å². The van der Waals surface area contributed by atoms with Crippen LogP contribution in [0.25, 0.3) is 10.8 Å². The maximum atomic E-state index is 4.47. The van der Waals surface area contributed by atoms with Crippen LogP contribution in [0.15, 0.2) is 17.6 Å². The van der Waals surface area contributed by atoms with Gasteiger partial charge in [0.2, 0.25) is 0 Å². The third-order valence-corrected chi connectivity index (χ3v) is 2.89. The lowest BCUT2D eigenvalue weighted by Gasteiger charge is -2.06. The quantitative estimate of drug-likeness (QED) is 0.883. The van der Waals surface area contributed by atoms with Gasteiger partial charge in [0.25, 0.3) is 0 Å². The molecule has 2 heterocycles. The summed E-state index contributed by atoms with van der Waals surface area (Å²) in [7, 11) is 0. The Kier molecular flexibility index (Phi) is 3.46. The Hall–Kier alpha value is -1.49. The van der Waals surface area contributed by atoms with Crippen molar-refractivity contribution in [3.8, 4) is 10.8 Å². The Morgan fingerprint density at radius 2 is 2.19 bits per heavy atom. The van der Waals surface area contributed by atoms with E-state index in [1.807, 2.05) is 11.4 Å². The van der Waals surface area contributed by atoms with E-state index in [1.165, 1.54) is 0 Å². The van der Waals surface area contributed by atoms with E-state index in [1.54, 1.807) is 17.5 Å². The molecule has 0 atom stereocenters. The number of aromatic nitrogens is 3. The Morgan fingerprint density at radius 3 is 2.81 bits per heavy atom. The van der Waals surface area contributed by atoms with Gasteiger partial charge in [0.15, 0.2) is 10.8 Å². The van der Waals surface area contributed by atoms with Crippen molar-refractivity contribution in [2.75, 3.05) is 11.9 Å². The molecule has 2 rings (SSSR count). The van der Waals surface area contributed by atoms with Crippen molar-refractivity contribution in [2.45, 2.75) is 20.3 Å². The van der Waals surface area contributed by atoms with E-state index in [4.69, 9.17) is 0 Å². The van der Waals surface area contributed by atoms with Crippen LogP contribution in [0.5, 0.6) is 0 Å². The van der Waals surface area contributed by atoms with Gasteiger partial charge in [0.1, 0.15) is 5.82 Å². The van der Waals surface area contributed by atoms with E-state index in [-0.39, 0.29) is 0 Å². The van der Waals surface area contributed by atoms with Gasteiger partial charge in [-0.2, -0.15) is 0 Å². The molecule has 0 saturated carbocycles. The topological polar surface area (TPSA) is 50.7 Å². The van der Waals surface area contributed by atoms with Crippen LogP contribution in [0.2, 0.25) is 0 Å². The summed E-state index contributed by atoms with van der Waals surface area (Å²) in [6.07, 6.45) is 2.67. The van der Waals surface area contributed by atoms with E-state index in [0.29, 0.717) is 5.82 Å². The van der Waals surface area contributed by atoms with Gasteiger partial charge in [-0.1, -0.05) is 6.92 Å². The van der Waals surface area contributed by atoms with Crippen molar-refractivity contribution < 1.29 is 0 Å². The number of aryl methyl sites for hydroxylation is 1. The molecule has 0 unspecified atom stereocenters. The zero-order valence-electron chi connectivity index (χ0n) is 9.40. The Bertz CT molecular complexity index is 453. The molecule has 0 radical (unpaired) electrons. The van der Waals surface area contributed by atoms with Gasteiger partial charge in [-0.3, -0.25) is 0 Å².